The number of ether oxygens (including phenoxy) is 1. The van der Waals surface area contributed by atoms with Gasteiger partial charge < -0.3 is 9.94 Å². The van der Waals surface area contributed by atoms with Crippen molar-refractivity contribution in [2.75, 3.05) is 19.7 Å². The molecule has 1 aliphatic rings. The van der Waals surface area contributed by atoms with Crippen molar-refractivity contribution in [1.29, 1.82) is 0 Å². The van der Waals surface area contributed by atoms with Crippen LogP contribution in [0.15, 0.2) is 0 Å². The van der Waals surface area contributed by atoms with Crippen molar-refractivity contribution >= 4 is 5.97 Å². The molecule has 12 heavy (non-hydrogen) atoms. The molecule has 0 aromatic heterocycles. The Morgan fingerprint density at radius 2 is 2.50 bits per heavy atom. The number of esters is 1. The molecule has 0 aromatic rings. The standard InChI is InChI=1S/C8H15NO3/c1-2-12-8(10)7-4-3-5-9(11)6-7/h7,11H,2-6H2,1H3/t7-/m0/s1. The maximum absolute atomic E-state index is 11.2. The minimum Gasteiger partial charge on any atom is -0.466 e. The van der Waals surface area contributed by atoms with E-state index in [9.17, 15) is 4.79 Å². The minimum atomic E-state index is -0.184. The fourth-order valence-corrected chi connectivity index (χ4v) is 1.41. The molecule has 0 aromatic carbocycles. The average Bonchev–Trinajstić information content (AvgIpc) is 2.05. The zero-order valence-electron chi connectivity index (χ0n) is 7.32. The molecule has 0 bridgehead atoms. The van der Waals surface area contributed by atoms with Gasteiger partial charge in [-0.2, -0.15) is 5.06 Å². The molecule has 1 N–H and O–H groups in total. The summed E-state index contributed by atoms with van der Waals surface area (Å²) in [6, 6.07) is 0. The first-order valence-corrected chi connectivity index (χ1v) is 4.34. The highest BCUT2D eigenvalue weighted by atomic mass is 16.5. The molecule has 1 atom stereocenters. The van der Waals surface area contributed by atoms with Crippen LogP contribution in [0.3, 0.4) is 0 Å². The molecule has 0 radical (unpaired) electrons. The second-order valence-corrected chi connectivity index (χ2v) is 3.00. The molecule has 70 valence electrons. The molecule has 0 spiro atoms. The van der Waals surface area contributed by atoms with E-state index in [2.05, 4.69) is 0 Å². The van der Waals surface area contributed by atoms with E-state index in [0.717, 1.165) is 12.8 Å². The van der Waals surface area contributed by atoms with Crippen LogP contribution in [0.4, 0.5) is 0 Å². The van der Waals surface area contributed by atoms with Gasteiger partial charge in [0.05, 0.1) is 12.5 Å². The van der Waals surface area contributed by atoms with Gasteiger partial charge in [-0.05, 0) is 19.8 Å². The molecule has 0 amide bonds. The molecule has 1 fully saturated rings. The molecule has 4 heteroatoms. The van der Waals surface area contributed by atoms with Crippen LogP contribution in [-0.2, 0) is 9.53 Å². The fourth-order valence-electron chi connectivity index (χ4n) is 1.41. The van der Waals surface area contributed by atoms with Crippen molar-refractivity contribution in [2.45, 2.75) is 19.8 Å². The van der Waals surface area contributed by atoms with Crippen molar-refractivity contribution in [3.63, 3.8) is 0 Å². The number of nitrogens with zero attached hydrogens (tertiary/aromatic N) is 1. The normalized spacial score (nSPS) is 25.3. The molecule has 1 aliphatic heterocycles. The molecule has 0 aliphatic carbocycles. The van der Waals surface area contributed by atoms with Crippen LogP contribution < -0.4 is 0 Å². The molecule has 1 rings (SSSR count). The molecule has 1 saturated heterocycles. The summed E-state index contributed by atoms with van der Waals surface area (Å²) in [4.78, 5) is 11.2. The Labute approximate surface area is 72.1 Å². The predicted octanol–water partition coefficient (Wildman–Crippen LogP) is 0.651. The number of carbonyl (C=O) groups is 1. The Morgan fingerprint density at radius 3 is 3.08 bits per heavy atom. The van der Waals surface area contributed by atoms with Crippen LogP contribution in [0, 0.1) is 5.92 Å². The third-order valence-electron chi connectivity index (χ3n) is 2.02. The number of hydroxylamine groups is 2. The summed E-state index contributed by atoms with van der Waals surface area (Å²) in [5, 5.41) is 10.3. The van der Waals surface area contributed by atoms with E-state index in [1.54, 1.807) is 6.92 Å². The van der Waals surface area contributed by atoms with E-state index in [0.29, 0.717) is 19.7 Å². The summed E-state index contributed by atoms with van der Waals surface area (Å²) < 4.78 is 4.85. The number of hydrogen-bond acceptors (Lipinski definition) is 4. The summed E-state index contributed by atoms with van der Waals surface area (Å²) in [7, 11) is 0. The van der Waals surface area contributed by atoms with Gasteiger partial charge >= 0.3 is 5.97 Å². The largest absolute Gasteiger partial charge is 0.466 e. The Kier molecular flexibility index (Phi) is 3.49. The molecular formula is C8H15NO3. The molecular weight excluding hydrogens is 158 g/mol. The lowest BCUT2D eigenvalue weighted by Gasteiger charge is -2.26. The summed E-state index contributed by atoms with van der Waals surface area (Å²) in [6.07, 6.45) is 1.69. The van der Waals surface area contributed by atoms with Crippen LogP contribution >= 0.6 is 0 Å². The van der Waals surface area contributed by atoms with Crippen molar-refractivity contribution < 1.29 is 14.7 Å². The second kappa shape index (κ2) is 4.42. The van der Waals surface area contributed by atoms with E-state index in [1.807, 2.05) is 0 Å². The van der Waals surface area contributed by atoms with Gasteiger partial charge in [0.2, 0.25) is 0 Å². The topological polar surface area (TPSA) is 49.8 Å². The molecule has 4 nitrogen and oxygen atoms in total. The lowest BCUT2D eigenvalue weighted by molar-refractivity contribution is -0.161. The van der Waals surface area contributed by atoms with E-state index < -0.39 is 0 Å². The molecule has 0 saturated carbocycles. The predicted molar refractivity (Wildman–Crippen MR) is 42.7 cm³/mol. The summed E-state index contributed by atoms with van der Waals surface area (Å²) in [6.45, 7) is 3.28. The lowest BCUT2D eigenvalue weighted by Crippen LogP contribution is -2.37. The number of carbonyl (C=O) groups excluding carboxylic acids is 1. The van der Waals surface area contributed by atoms with E-state index >= 15 is 0 Å². The van der Waals surface area contributed by atoms with Gasteiger partial charge in [-0.3, -0.25) is 4.79 Å². The number of piperidine rings is 1. The highest BCUT2D eigenvalue weighted by Gasteiger charge is 2.25. The Morgan fingerprint density at radius 1 is 1.75 bits per heavy atom. The second-order valence-electron chi connectivity index (χ2n) is 3.00. The van der Waals surface area contributed by atoms with Gasteiger partial charge in [-0.25, -0.2) is 0 Å². The maximum Gasteiger partial charge on any atom is 0.310 e. The first-order chi connectivity index (χ1) is 5.74. The van der Waals surface area contributed by atoms with Crippen LogP contribution in [0.2, 0.25) is 0 Å². The first-order valence-electron chi connectivity index (χ1n) is 4.34. The van der Waals surface area contributed by atoms with Gasteiger partial charge in [0.25, 0.3) is 0 Å². The zero-order valence-corrected chi connectivity index (χ0v) is 7.32. The maximum atomic E-state index is 11.2. The summed E-state index contributed by atoms with van der Waals surface area (Å²) >= 11 is 0. The quantitative estimate of drug-likeness (QED) is 0.623. The first kappa shape index (κ1) is 9.48. The van der Waals surface area contributed by atoms with E-state index in [4.69, 9.17) is 9.94 Å². The third kappa shape index (κ3) is 2.46. The average molecular weight is 173 g/mol. The molecule has 0 unspecified atom stereocenters. The number of hydrogen-bond donors (Lipinski definition) is 1. The van der Waals surface area contributed by atoms with Gasteiger partial charge in [0.15, 0.2) is 0 Å². The van der Waals surface area contributed by atoms with Crippen LogP contribution in [0.25, 0.3) is 0 Å². The van der Waals surface area contributed by atoms with Crippen LogP contribution in [0.5, 0.6) is 0 Å². The summed E-state index contributed by atoms with van der Waals surface area (Å²) in [5.41, 5.74) is 0. The third-order valence-corrected chi connectivity index (χ3v) is 2.02. The Bertz CT molecular complexity index is 160. The van der Waals surface area contributed by atoms with Gasteiger partial charge in [0.1, 0.15) is 0 Å². The van der Waals surface area contributed by atoms with E-state index in [1.165, 1.54) is 5.06 Å². The summed E-state index contributed by atoms with van der Waals surface area (Å²) in [5.74, 6) is -0.319. The molecule has 1 heterocycles. The van der Waals surface area contributed by atoms with Crippen LogP contribution in [0.1, 0.15) is 19.8 Å². The van der Waals surface area contributed by atoms with Crippen molar-refractivity contribution in [3.8, 4) is 0 Å². The van der Waals surface area contributed by atoms with E-state index in [-0.39, 0.29) is 11.9 Å². The minimum absolute atomic E-state index is 0.135. The van der Waals surface area contributed by atoms with Gasteiger partial charge in [-0.1, -0.05) is 0 Å². The van der Waals surface area contributed by atoms with Crippen molar-refractivity contribution in [2.24, 2.45) is 5.92 Å². The SMILES string of the molecule is CCOC(=O)[C@H]1CCCN(O)C1. The Hall–Kier alpha value is -0.610. The van der Waals surface area contributed by atoms with Crippen molar-refractivity contribution in [3.05, 3.63) is 0 Å². The van der Waals surface area contributed by atoms with Gasteiger partial charge in [0, 0.05) is 13.1 Å². The highest BCUT2D eigenvalue weighted by molar-refractivity contribution is 5.72. The Balaban J connectivity index is 2.35. The smallest absolute Gasteiger partial charge is 0.310 e. The number of rotatable bonds is 2. The van der Waals surface area contributed by atoms with Crippen molar-refractivity contribution in [1.82, 2.24) is 5.06 Å². The monoisotopic (exact) mass is 173 g/mol. The lowest BCUT2D eigenvalue weighted by atomic mass is 10.00. The fraction of sp³-hybridized carbons (Fsp3) is 0.875. The zero-order chi connectivity index (χ0) is 8.97. The van der Waals surface area contributed by atoms with Crippen LogP contribution in [-0.4, -0.2) is 35.9 Å². The highest BCUT2D eigenvalue weighted by Crippen LogP contribution is 2.15. The van der Waals surface area contributed by atoms with Gasteiger partial charge in [-0.15, -0.1) is 0 Å².